The first kappa shape index (κ1) is 14.2. The molecule has 1 aliphatic carbocycles. The van der Waals surface area contributed by atoms with Crippen LogP contribution >= 0.6 is 0 Å². The van der Waals surface area contributed by atoms with Gasteiger partial charge >= 0.3 is 6.18 Å². The van der Waals surface area contributed by atoms with E-state index in [1.165, 1.54) is 12.1 Å². The van der Waals surface area contributed by atoms with Crippen molar-refractivity contribution in [2.24, 2.45) is 5.73 Å². The Kier molecular flexibility index (Phi) is 3.32. The number of aromatic nitrogens is 1. The SMILES string of the molecule is Cc1ccc(C(F)(F)F)cc1-n1ccc2c1CCCC2N. The summed E-state index contributed by atoms with van der Waals surface area (Å²) in [5.41, 5.74) is 8.96. The molecule has 0 amide bonds. The van der Waals surface area contributed by atoms with Crippen molar-refractivity contribution in [1.29, 1.82) is 0 Å². The van der Waals surface area contributed by atoms with Crippen molar-refractivity contribution in [3.63, 3.8) is 0 Å². The summed E-state index contributed by atoms with van der Waals surface area (Å²) in [6, 6.07) is 5.78. The predicted octanol–water partition coefficient (Wildman–Crippen LogP) is 4.14. The second kappa shape index (κ2) is 4.91. The number of aryl methyl sites for hydroxylation is 1. The van der Waals surface area contributed by atoms with E-state index in [1.54, 1.807) is 0 Å². The fraction of sp³-hybridized carbons (Fsp3) is 0.375. The summed E-state index contributed by atoms with van der Waals surface area (Å²) in [6.07, 6.45) is 0.255. The number of hydrogen-bond donors (Lipinski definition) is 1. The average molecular weight is 294 g/mol. The van der Waals surface area contributed by atoms with Crippen LogP contribution in [0.1, 0.15) is 41.3 Å². The van der Waals surface area contributed by atoms with Gasteiger partial charge in [0.1, 0.15) is 0 Å². The summed E-state index contributed by atoms with van der Waals surface area (Å²) in [5, 5.41) is 0. The maximum absolute atomic E-state index is 12.9. The van der Waals surface area contributed by atoms with Gasteiger partial charge in [-0.1, -0.05) is 6.07 Å². The maximum Gasteiger partial charge on any atom is 0.416 e. The van der Waals surface area contributed by atoms with Gasteiger partial charge in [-0.25, -0.2) is 0 Å². The van der Waals surface area contributed by atoms with E-state index in [2.05, 4.69) is 0 Å². The summed E-state index contributed by atoms with van der Waals surface area (Å²) >= 11 is 0. The number of fused-ring (bicyclic) bond motifs is 1. The lowest BCUT2D eigenvalue weighted by molar-refractivity contribution is -0.137. The Bertz CT molecular complexity index is 671. The molecule has 1 heterocycles. The monoisotopic (exact) mass is 294 g/mol. The Balaban J connectivity index is 2.13. The van der Waals surface area contributed by atoms with Gasteiger partial charge in [0.05, 0.1) is 5.56 Å². The molecule has 0 bridgehead atoms. The first-order chi connectivity index (χ1) is 9.88. The number of nitrogens with zero attached hydrogens (tertiary/aromatic N) is 1. The van der Waals surface area contributed by atoms with E-state index < -0.39 is 11.7 Å². The number of alkyl halides is 3. The largest absolute Gasteiger partial charge is 0.416 e. The van der Waals surface area contributed by atoms with Gasteiger partial charge in [-0.2, -0.15) is 13.2 Å². The minimum Gasteiger partial charge on any atom is -0.324 e. The minimum absolute atomic E-state index is 0.0129. The highest BCUT2D eigenvalue weighted by atomic mass is 19.4. The predicted molar refractivity (Wildman–Crippen MR) is 75.4 cm³/mol. The molecular formula is C16H17F3N2. The highest BCUT2D eigenvalue weighted by molar-refractivity contribution is 5.48. The fourth-order valence-electron chi connectivity index (χ4n) is 3.00. The summed E-state index contributed by atoms with van der Waals surface area (Å²) in [5.74, 6) is 0. The third-order valence-electron chi connectivity index (χ3n) is 4.15. The first-order valence-electron chi connectivity index (χ1n) is 7.02. The number of benzene rings is 1. The summed E-state index contributed by atoms with van der Waals surface area (Å²) in [7, 11) is 0. The van der Waals surface area contributed by atoms with Crippen LogP contribution in [0.3, 0.4) is 0 Å². The van der Waals surface area contributed by atoms with Crippen molar-refractivity contribution in [1.82, 2.24) is 4.57 Å². The molecule has 3 rings (SSSR count). The van der Waals surface area contributed by atoms with E-state index in [1.807, 2.05) is 23.8 Å². The van der Waals surface area contributed by atoms with Gasteiger partial charge in [0.25, 0.3) is 0 Å². The maximum atomic E-state index is 12.9. The van der Waals surface area contributed by atoms with Gasteiger partial charge in [-0.3, -0.25) is 0 Å². The quantitative estimate of drug-likeness (QED) is 0.842. The molecule has 2 N–H and O–H groups in total. The van der Waals surface area contributed by atoms with E-state index >= 15 is 0 Å². The molecule has 1 atom stereocenters. The van der Waals surface area contributed by atoms with Crippen LogP contribution in [0.15, 0.2) is 30.5 Å². The van der Waals surface area contributed by atoms with Crippen molar-refractivity contribution >= 4 is 0 Å². The second-order valence-corrected chi connectivity index (χ2v) is 5.59. The Morgan fingerprint density at radius 1 is 1.24 bits per heavy atom. The van der Waals surface area contributed by atoms with Crippen LogP contribution in [0.2, 0.25) is 0 Å². The summed E-state index contributed by atoms with van der Waals surface area (Å²) < 4.78 is 40.6. The van der Waals surface area contributed by atoms with Gasteiger partial charge < -0.3 is 10.3 Å². The highest BCUT2D eigenvalue weighted by Crippen LogP contribution is 2.34. The first-order valence-corrected chi connectivity index (χ1v) is 7.02. The molecule has 0 radical (unpaired) electrons. The van der Waals surface area contributed by atoms with Gasteiger partial charge in [0.2, 0.25) is 0 Å². The smallest absolute Gasteiger partial charge is 0.324 e. The Morgan fingerprint density at radius 3 is 2.71 bits per heavy atom. The third kappa shape index (κ3) is 2.46. The minimum atomic E-state index is -4.33. The van der Waals surface area contributed by atoms with Crippen LogP contribution < -0.4 is 5.73 Å². The lowest BCUT2D eigenvalue weighted by atomic mass is 9.93. The number of hydrogen-bond acceptors (Lipinski definition) is 1. The van der Waals surface area contributed by atoms with E-state index in [-0.39, 0.29) is 6.04 Å². The molecule has 1 aromatic carbocycles. The molecule has 0 saturated carbocycles. The molecule has 1 aliphatic rings. The summed E-state index contributed by atoms with van der Waals surface area (Å²) in [6.45, 7) is 1.82. The van der Waals surface area contributed by atoms with Crippen LogP contribution in [0.5, 0.6) is 0 Å². The van der Waals surface area contributed by atoms with Gasteiger partial charge in [0.15, 0.2) is 0 Å². The molecule has 1 aromatic heterocycles. The van der Waals surface area contributed by atoms with Crippen LogP contribution in [0.4, 0.5) is 13.2 Å². The van der Waals surface area contributed by atoms with Gasteiger partial charge in [-0.15, -0.1) is 0 Å². The number of nitrogens with two attached hydrogens (primary N) is 1. The molecule has 5 heteroatoms. The van der Waals surface area contributed by atoms with Crippen LogP contribution in [-0.2, 0) is 12.6 Å². The Labute approximate surface area is 121 Å². The van der Waals surface area contributed by atoms with Crippen molar-refractivity contribution in [2.75, 3.05) is 0 Å². The fourth-order valence-corrected chi connectivity index (χ4v) is 3.00. The Morgan fingerprint density at radius 2 is 2.00 bits per heavy atom. The molecule has 0 fully saturated rings. The molecule has 2 aromatic rings. The van der Waals surface area contributed by atoms with Gasteiger partial charge in [0, 0.05) is 23.6 Å². The van der Waals surface area contributed by atoms with E-state index in [4.69, 9.17) is 5.73 Å². The zero-order valence-electron chi connectivity index (χ0n) is 11.7. The molecule has 0 aliphatic heterocycles. The summed E-state index contributed by atoms with van der Waals surface area (Å²) in [4.78, 5) is 0. The standard InChI is InChI=1S/C16H17F3N2/c1-10-5-6-11(16(17,18)19)9-15(10)21-8-7-12-13(20)3-2-4-14(12)21/h5-9,13H,2-4,20H2,1H3. The molecular weight excluding hydrogens is 277 g/mol. The Hall–Kier alpha value is -1.75. The molecule has 21 heavy (non-hydrogen) atoms. The zero-order chi connectivity index (χ0) is 15.2. The van der Waals surface area contributed by atoms with Crippen molar-refractivity contribution in [3.8, 4) is 5.69 Å². The highest BCUT2D eigenvalue weighted by Gasteiger charge is 2.31. The molecule has 1 unspecified atom stereocenters. The second-order valence-electron chi connectivity index (χ2n) is 5.59. The average Bonchev–Trinajstić information content (AvgIpc) is 2.83. The number of rotatable bonds is 1. The third-order valence-corrected chi connectivity index (χ3v) is 4.15. The van der Waals surface area contributed by atoms with Crippen LogP contribution in [-0.4, -0.2) is 4.57 Å². The van der Waals surface area contributed by atoms with Crippen LogP contribution in [0.25, 0.3) is 5.69 Å². The molecule has 0 spiro atoms. The zero-order valence-corrected chi connectivity index (χ0v) is 11.7. The van der Waals surface area contributed by atoms with E-state index in [9.17, 15) is 13.2 Å². The molecule has 112 valence electrons. The van der Waals surface area contributed by atoms with Gasteiger partial charge in [-0.05, 0) is 55.5 Å². The van der Waals surface area contributed by atoms with E-state index in [0.29, 0.717) is 5.69 Å². The molecule has 0 saturated heterocycles. The lowest BCUT2D eigenvalue weighted by Gasteiger charge is -2.22. The van der Waals surface area contributed by atoms with Crippen LogP contribution in [0, 0.1) is 6.92 Å². The normalized spacial score (nSPS) is 18.6. The van der Waals surface area contributed by atoms with Crippen molar-refractivity contribution in [2.45, 2.75) is 38.4 Å². The lowest BCUT2D eigenvalue weighted by Crippen LogP contribution is -2.18. The molecule has 2 nitrogen and oxygen atoms in total. The number of halogens is 3. The van der Waals surface area contributed by atoms with E-state index in [0.717, 1.165) is 42.1 Å². The van der Waals surface area contributed by atoms with Crippen molar-refractivity contribution < 1.29 is 13.2 Å². The van der Waals surface area contributed by atoms with Crippen molar-refractivity contribution in [3.05, 3.63) is 52.8 Å². The topological polar surface area (TPSA) is 30.9 Å².